The summed E-state index contributed by atoms with van der Waals surface area (Å²) in [7, 11) is 1.66. The van der Waals surface area contributed by atoms with Crippen LogP contribution in [0.3, 0.4) is 0 Å². The Morgan fingerprint density at radius 3 is 2.67 bits per heavy atom. The maximum atomic E-state index is 6.04. The Kier molecular flexibility index (Phi) is 8.95. The third-order valence-corrected chi connectivity index (χ3v) is 3.83. The number of methoxy groups -OCH3 is 1. The number of nitrogens with two attached hydrogens (primary N) is 1. The maximum Gasteiger partial charge on any atom is 0.189 e. The van der Waals surface area contributed by atoms with Gasteiger partial charge in [0.25, 0.3) is 0 Å². The van der Waals surface area contributed by atoms with Gasteiger partial charge >= 0.3 is 0 Å². The van der Waals surface area contributed by atoms with E-state index in [1.165, 1.54) is 12.8 Å². The first-order valence-electron chi connectivity index (χ1n) is 8.10. The standard InChI is InChI=1S/C18H27N3O2.HI/c1-13(2)11-20-18(19)21-12-14-8-9-16(17(10-14)22-3)23-15-6-4-5-7-15;/h8-10,15H,1,4-7,11-12H2,2-3H3,(H3,19,20,21);1H. The van der Waals surface area contributed by atoms with Gasteiger partial charge in [-0.3, -0.25) is 0 Å². The van der Waals surface area contributed by atoms with Gasteiger partial charge in [-0.05, 0) is 50.3 Å². The molecule has 134 valence electrons. The molecule has 0 bridgehead atoms. The van der Waals surface area contributed by atoms with Crippen molar-refractivity contribution in [1.29, 1.82) is 0 Å². The van der Waals surface area contributed by atoms with Crippen molar-refractivity contribution in [3.63, 3.8) is 0 Å². The monoisotopic (exact) mass is 445 g/mol. The topological polar surface area (TPSA) is 68.9 Å². The minimum atomic E-state index is 0. The molecule has 1 aliphatic carbocycles. The molecule has 0 aliphatic heterocycles. The highest BCUT2D eigenvalue weighted by Crippen LogP contribution is 2.32. The van der Waals surface area contributed by atoms with E-state index < -0.39 is 0 Å². The van der Waals surface area contributed by atoms with E-state index in [4.69, 9.17) is 15.2 Å². The second-order valence-corrected chi connectivity index (χ2v) is 6.02. The van der Waals surface area contributed by atoms with Crippen molar-refractivity contribution in [3.05, 3.63) is 35.9 Å². The highest BCUT2D eigenvalue weighted by atomic mass is 127. The first-order chi connectivity index (χ1) is 11.1. The first kappa shape index (κ1) is 20.6. The average molecular weight is 445 g/mol. The van der Waals surface area contributed by atoms with Gasteiger partial charge in [-0.25, -0.2) is 4.99 Å². The van der Waals surface area contributed by atoms with Crippen LogP contribution in [0, 0.1) is 0 Å². The predicted molar refractivity (Wildman–Crippen MR) is 109 cm³/mol. The van der Waals surface area contributed by atoms with Gasteiger partial charge in [0.15, 0.2) is 17.5 Å². The highest BCUT2D eigenvalue weighted by molar-refractivity contribution is 14.0. The van der Waals surface area contributed by atoms with Crippen molar-refractivity contribution in [2.24, 2.45) is 10.7 Å². The van der Waals surface area contributed by atoms with Crippen LogP contribution in [0.5, 0.6) is 11.5 Å². The number of benzene rings is 1. The fourth-order valence-electron chi connectivity index (χ4n) is 2.57. The van der Waals surface area contributed by atoms with E-state index in [0.717, 1.165) is 35.5 Å². The second-order valence-electron chi connectivity index (χ2n) is 6.02. The van der Waals surface area contributed by atoms with E-state index in [2.05, 4.69) is 16.9 Å². The van der Waals surface area contributed by atoms with Crippen molar-refractivity contribution in [1.82, 2.24) is 5.32 Å². The first-order valence-corrected chi connectivity index (χ1v) is 8.10. The second kappa shape index (κ2) is 10.4. The van der Waals surface area contributed by atoms with E-state index >= 15 is 0 Å². The van der Waals surface area contributed by atoms with Crippen LogP contribution in [0.4, 0.5) is 0 Å². The highest BCUT2D eigenvalue weighted by Gasteiger charge is 2.18. The molecule has 0 unspecified atom stereocenters. The van der Waals surface area contributed by atoms with Crippen LogP contribution in [0.1, 0.15) is 38.2 Å². The molecular weight excluding hydrogens is 417 g/mol. The van der Waals surface area contributed by atoms with Gasteiger partial charge in [0.1, 0.15) is 0 Å². The average Bonchev–Trinajstić information content (AvgIpc) is 3.04. The van der Waals surface area contributed by atoms with E-state index in [0.29, 0.717) is 25.2 Å². The minimum absolute atomic E-state index is 0. The molecular formula is C18H28IN3O2. The molecule has 0 spiro atoms. The molecule has 0 aromatic heterocycles. The van der Waals surface area contributed by atoms with E-state index in [-0.39, 0.29) is 24.0 Å². The molecule has 1 aromatic rings. The summed E-state index contributed by atoms with van der Waals surface area (Å²) in [5.41, 5.74) is 7.86. The molecule has 1 aromatic carbocycles. The van der Waals surface area contributed by atoms with Crippen LogP contribution in [-0.4, -0.2) is 25.7 Å². The van der Waals surface area contributed by atoms with Crippen LogP contribution in [0.15, 0.2) is 35.3 Å². The minimum Gasteiger partial charge on any atom is -0.493 e. The van der Waals surface area contributed by atoms with Gasteiger partial charge in [-0.1, -0.05) is 18.2 Å². The molecule has 6 heteroatoms. The Morgan fingerprint density at radius 1 is 1.33 bits per heavy atom. The Hall–Kier alpha value is -1.44. The number of guanidine groups is 1. The smallest absolute Gasteiger partial charge is 0.189 e. The van der Waals surface area contributed by atoms with Gasteiger partial charge in [0.05, 0.1) is 19.8 Å². The van der Waals surface area contributed by atoms with Gasteiger partial charge in [0, 0.05) is 6.54 Å². The summed E-state index contributed by atoms with van der Waals surface area (Å²) in [6.07, 6.45) is 5.06. The number of aliphatic imine (C=N–C) groups is 1. The summed E-state index contributed by atoms with van der Waals surface area (Å²) in [6.45, 7) is 6.88. The zero-order chi connectivity index (χ0) is 16.7. The zero-order valence-electron chi connectivity index (χ0n) is 14.5. The number of halogens is 1. The molecule has 0 amide bonds. The third-order valence-electron chi connectivity index (χ3n) is 3.83. The Balaban J connectivity index is 0.00000288. The Morgan fingerprint density at radius 2 is 2.04 bits per heavy atom. The van der Waals surface area contributed by atoms with Crippen LogP contribution in [0.25, 0.3) is 0 Å². The number of hydrogen-bond donors (Lipinski definition) is 2. The Bertz CT molecular complexity index is 569. The molecule has 24 heavy (non-hydrogen) atoms. The molecule has 1 aliphatic rings. The number of hydrogen-bond acceptors (Lipinski definition) is 3. The normalized spacial score (nSPS) is 14.8. The molecule has 5 nitrogen and oxygen atoms in total. The molecule has 1 saturated carbocycles. The lowest BCUT2D eigenvalue weighted by Crippen LogP contribution is -2.32. The summed E-state index contributed by atoms with van der Waals surface area (Å²) < 4.78 is 11.5. The lowest BCUT2D eigenvalue weighted by molar-refractivity contribution is 0.200. The third kappa shape index (κ3) is 6.59. The van der Waals surface area contributed by atoms with Gasteiger partial charge in [0.2, 0.25) is 0 Å². The van der Waals surface area contributed by atoms with Crippen molar-refractivity contribution < 1.29 is 9.47 Å². The van der Waals surface area contributed by atoms with Crippen molar-refractivity contribution in [2.45, 2.75) is 45.3 Å². The summed E-state index contributed by atoms with van der Waals surface area (Å²) >= 11 is 0. The molecule has 0 atom stereocenters. The lowest BCUT2D eigenvalue weighted by Gasteiger charge is -2.16. The van der Waals surface area contributed by atoms with E-state index in [1.807, 2.05) is 25.1 Å². The SMILES string of the molecule is C=C(C)CNC(N)=NCc1ccc(OC2CCCC2)c(OC)c1.I. The molecule has 2 rings (SSSR count). The van der Waals surface area contributed by atoms with Crippen molar-refractivity contribution in [3.8, 4) is 11.5 Å². The molecule has 3 N–H and O–H groups in total. The van der Waals surface area contributed by atoms with E-state index in [9.17, 15) is 0 Å². The van der Waals surface area contributed by atoms with Crippen molar-refractivity contribution in [2.75, 3.05) is 13.7 Å². The van der Waals surface area contributed by atoms with Gasteiger partial charge in [-0.2, -0.15) is 0 Å². The molecule has 1 fully saturated rings. The zero-order valence-corrected chi connectivity index (χ0v) is 16.8. The molecule has 0 saturated heterocycles. The summed E-state index contributed by atoms with van der Waals surface area (Å²) in [5.74, 6) is 1.97. The van der Waals surface area contributed by atoms with Crippen LogP contribution in [-0.2, 0) is 6.54 Å². The van der Waals surface area contributed by atoms with Crippen LogP contribution < -0.4 is 20.5 Å². The van der Waals surface area contributed by atoms with Crippen LogP contribution >= 0.6 is 24.0 Å². The number of nitrogens with one attached hydrogen (secondary N) is 1. The number of nitrogens with zero attached hydrogens (tertiary/aromatic N) is 1. The molecule has 0 radical (unpaired) electrons. The summed E-state index contributed by atoms with van der Waals surface area (Å²) in [4.78, 5) is 4.32. The number of ether oxygens (including phenoxy) is 2. The van der Waals surface area contributed by atoms with E-state index in [1.54, 1.807) is 7.11 Å². The van der Waals surface area contributed by atoms with Crippen LogP contribution in [0.2, 0.25) is 0 Å². The fraction of sp³-hybridized carbons (Fsp3) is 0.500. The Labute approximate surface area is 161 Å². The maximum absolute atomic E-state index is 6.04. The number of rotatable bonds is 7. The quantitative estimate of drug-likeness (QED) is 0.291. The van der Waals surface area contributed by atoms with Gasteiger partial charge < -0.3 is 20.5 Å². The predicted octanol–water partition coefficient (Wildman–Crippen LogP) is 3.62. The summed E-state index contributed by atoms with van der Waals surface area (Å²) in [5, 5.41) is 3.01. The molecule has 0 heterocycles. The van der Waals surface area contributed by atoms with Crippen molar-refractivity contribution >= 4 is 29.9 Å². The van der Waals surface area contributed by atoms with Gasteiger partial charge in [-0.15, -0.1) is 24.0 Å². The lowest BCUT2D eigenvalue weighted by atomic mass is 10.2. The fourth-order valence-corrected chi connectivity index (χ4v) is 2.57. The largest absolute Gasteiger partial charge is 0.493 e. The summed E-state index contributed by atoms with van der Waals surface area (Å²) in [6, 6.07) is 5.92.